The molecule has 0 aliphatic heterocycles. The molecule has 0 aliphatic carbocycles. The summed E-state index contributed by atoms with van der Waals surface area (Å²) in [7, 11) is 0. The van der Waals surface area contributed by atoms with Crippen molar-refractivity contribution in [1.29, 1.82) is 0 Å². The maximum absolute atomic E-state index is 12.5. The first-order valence-electron chi connectivity index (χ1n) is 8.37. The molecule has 0 radical (unpaired) electrons. The minimum absolute atomic E-state index is 0.384. The average molecular weight is 332 g/mol. The summed E-state index contributed by atoms with van der Waals surface area (Å²) >= 11 is 0. The predicted molar refractivity (Wildman–Crippen MR) is 99.1 cm³/mol. The van der Waals surface area contributed by atoms with Gasteiger partial charge in [0.1, 0.15) is 11.5 Å². The second kappa shape index (κ2) is 8.15. The molecule has 0 atom stereocenters. The Balaban J connectivity index is 1.77. The molecule has 3 nitrogen and oxygen atoms in total. The largest absolute Gasteiger partial charge is 0.494 e. The number of benzene rings is 3. The van der Waals surface area contributed by atoms with E-state index in [1.807, 2.05) is 48.5 Å². The number of esters is 1. The van der Waals surface area contributed by atoms with Crippen LogP contribution in [0.4, 0.5) is 0 Å². The summed E-state index contributed by atoms with van der Waals surface area (Å²) in [5.74, 6) is 0.915. The molecule has 3 rings (SSSR count). The van der Waals surface area contributed by atoms with E-state index >= 15 is 0 Å². The lowest BCUT2D eigenvalue weighted by molar-refractivity contribution is 0.0735. The van der Waals surface area contributed by atoms with E-state index in [0.717, 1.165) is 23.3 Å². The van der Waals surface area contributed by atoms with E-state index in [1.54, 1.807) is 30.3 Å². The molecule has 0 saturated carbocycles. The van der Waals surface area contributed by atoms with Crippen LogP contribution in [-0.4, -0.2) is 12.6 Å². The second-order valence-corrected chi connectivity index (χ2v) is 5.62. The summed E-state index contributed by atoms with van der Waals surface area (Å²) in [6.45, 7) is 2.71. The van der Waals surface area contributed by atoms with E-state index in [2.05, 4.69) is 6.92 Å². The number of hydrogen-bond donors (Lipinski definition) is 0. The van der Waals surface area contributed by atoms with E-state index in [0.29, 0.717) is 17.9 Å². The molecule has 3 heteroatoms. The molecule has 126 valence electrons. The van der Waals surface area contributed by atoms with Crippen molar-refractivity contribution in [3.8, 4) is 22.6 Å². The highest BCUT2D eigenvalue weighted by Crippen LogP contribution is 2.30. The number of carbonyl (C=O) groups excluding carboxylic acids is 1. The molecular formula is C22H20O3. The fourth-order valence-corrected chi connectivity index (χ4v) is 2.48. The molecule has 0 aromatic heterocycles. The number of hydrogen-bond acceptors (Lipinski definition) is 3. The highest BCUT2D eigenvalue weighted by molar-refractivity contribution is 5.92. The topological polar surface area (TPSA) is 35.5 Å². The minimum atomic E-state index is -0.384. The van der Waals surface area contributed by atoms with Crippen LogP contribution in [0.1, 0.15) is 23.7 Å². The molecule has 0 bridgehead atoms. The maximum Gasteiger partial charge on any atom is 0.343 e. The van der Waals surface area contributed by atoms with Crippen molar-refractivity contribution in [2.24, 2.45) is 0 Å². The Morgan fingerprint density at radius 3 is 2.24 bits per heavy atom. The lowest BCUT2D eigenvalue weighted by atomic mass is 10.0. The predicted octanol–water partition coefficient (Wildman–Crippen LogP) is 5.36. The van der Waals surface area contributed by atoms with E-state index in [4.69, 9.17) is 9.47 Å². The van der Waals surface area contributed by atoms with Crippen molar-refractivity contribution in [2.75, 3.05) is 6.61 Å². The third-order valence-electron chi connectivity index (χ3n) is 3.74. The monoisotopic (exact) mass is 332 g/mol. The standard InChI is InChI=1S/C22H20O3/c1-2-16-24-19-14-12-18(13-15-19)22(23)25-21-11-7-6-10-20(21)17-8-4-3-5-9-17/h3-15H,2,16H2,1H3. The minimum Gasteiger partial charge on any atom is -0.494 e. The fourth-order valence-electron chi connectivity index (χ4n) is 2.48. The van der Waals surface area contributed by atoms with Gasteiger partial charge < -0.3 is 9.47 Å². The van der Waals surface area contributed by atoms with Crippen molar-refractivity contribution >= 4 is 5.97 Å². The molecule has 0 fully saturated rings. The zero-order valence-corrected chi connectivity index (χ0v) is 14.1. The third-order valence-corrected chi connectivity index (χ3v) is 3.74. The maximum atomic E-state index is 12.5. The molecule has 0 spiro atoms. The third kappa shape index (κ3) is 4.27. The van der Waals surface area contributed by atoms with Gasteiger partial charge in [0.15, 0.2) is 0 Å². The SMILES string of the molecule is CCCOc1ccc(C(=O)Oc2ccccc2-c2ccccc2)cc1. The molecule has 0 heterocycles. The molecule has 3 aromatic rings. The number of para-hydroxylation sites is 1. The van der Waals surface area contributed by atoms with Gasteiger partial charge in [0.25, 0.3) is 0 Å². The number of carbonyl (C=O) groups is 1. The highest BCUT2D eigenvalue weighted by atomic mass is 16.5. The molecule has 0 aliphatic rings. The van der Waals surface area contributed by atoms with Crippen LogP contribution in [0, 0.1) is 0 Å². The van der Waals surface area contributed by atoms with Crippen LogP contribution in [-0.2, 0) is 0 Å². The van der Waals surface area contributed by atoms with Crippen molar-refractivity contribution in [2.45, 2.75) is 13.3 Å². The van der Waals surface area contributed by atoms with Crippen molar-refractivity contribution in [3.63, 3.8) is 0 Å². The summed E-state index contributed by atoms with van der Waals surface area (Å²) < 4.78 is 11.2. The lowest BCUT2D eigenvalue weighted by Crippen LogP contribution is -2.09. The van der Waals surface area contributed by atoms with Crippen LogP contribution in [0.3, 0.4) is 0 Å². The molecule has 0 saturated heterocycles. The van der Waals surface area contributed by atoms with Crippen LogP contribution in [0.5, 0.6) is 11.5 Å². The van der Waals surface area contributed by atoms with Crippen LogP contribution < -0.4 is 9.47 Å². The van der Waals surface area contributed by atoms with Gasteiger partial charge in [-0.1, -0.05) is 55.5 Å². The number of ether oxygens (including phenoxy) is 2. The first-order chi connectivity index (χ1) is 12.3. The summed E-state index contributed by atoms with van der Waals surface area (Å²) in [5, 5.41) is 0. The Morgan fingerprint density at radius 1 is 0.840 bits per heavy atom. The second-order valence-electron chi connectivity index (χ2n) is 5.62. The molecule has 0 unspecified atom stereocenters. The van der Waals surface area contributed by atoms with Gasteiger partial charge in [-0.15, -0.1) is 0 Å². The van der Waals surface area contributed by atoms with Gasteiger partial charge in [-0.05, 0) is 42.3 Å². The smallest absolute Gasteiger partial charge is 0.343 e. The average Bonchev–Trinajstić information content (AvgIpc) is 2.68. The van der Waals surface area contributed by atoms with Gasteiger partial charge in [-0.2, -0.15) is 0 Å². The Labute approximate surface area is 147 Å². The van der Waals surface area contributed by atoms with E-state index in [1.165, 1.54) is 0 Å². The van der Waals surface area contributed by atoms with E-state index < -0.39 is 0 Å². The number of rotatable bonds is 6. The normalized spacial score (nSPS) is 10.3. The van der Waals surface area contributed by atoms with Crippen molar-refractivity contribution < 1.29 is 14.3 Å². The highest BCUT2D eigenvalue weighted by Gasteiger charge is 2.12. The lowest BCUT2D eigenvalue weighted by Gasteiger charge is -2.10. The van der Waals surface area contributed by atoms with Crippen LogP contribution >= 0.6 is 0 Å². The van der Waals surface area contributed by atoms with Gasteiger partial charge in [0.05, 0.1) is 12.2 Å². The van der Waals surface area contributed by atoms with Gasteiger partial charge in [0.2, 0.25) is 0 Å². The van der Waals surface area contributed by atoms with Crippen LogP contribution in [0.2, 0.25) is 0 Å². The Bertz CT molecular complexity index is 823. The zero-order chi connectivity index (χ0) is 17.5. The fraction of sp³-hybridized carbons (Fsp3) is 0.136. The molecule has 0 amide bonds. The molecule has 25 heavy (non-hydrogen) atoms. The van der Waals surface area contributed by atoms with E-state index in [-0.39, 0.29) is 5.97 Å². The molecule has 0 N–H and O–H groups in total. The van der Waals surface area contributed by atoms with Gasteiger partial charge >= 0.3 is 5.97 Å². The first kappa shape index (κ1) is 16.8. The van der Waals surface area contributed by atoms with Crippen LogP contribution in [0.15, 0.2) is 78.9 Å². The molecular weight excluding hydrogens is 312 g/mol. The van der Waals surface area contributed by atoms with E-state index in [9.17, 15) is 4.79 Å². The van der Waals surface area contributed by atoms with Gasteiger partial charge in [-0.3, -0.25) is 0 Å². The zero-order valence-electron chi connectivity index (χ0n) is 14.1. The van der Waals surface area contributed by atoms with Gasteiger partial charge in [-0.25, -0.2) is 4.79 Å². The van der Waals surface area contributed by atoms with Crippen LogP contribution in [0.25, 0.3) is 11.1 Å². The molecule has 3 aromatic carbocycles. The van der Waals surface area contributed by atoms with Gasteiger partial charge in [0, 0.05) is 5.56 Å². The first-order valence-corrected chi connectivity index (χ1v) is 8.37. The van der Waals surface area contributed by atoms with Crippen molar-refractivity contribution in [1.82, 2.24) is 0 Å². The Morgan fingerprint density at radius 2 is 1.52 bits per heavy atom. The quantitative estimate of drug-likeness (QED) is 0.450. The Kier molecular flexibility index (Phi) is 5.47. The summed E-state index contributed by atoms with van der Waals surface area (Å²) in [6.07, 6.45) is 0.945. The Hall–Kier alpha value is -3.07. The summed E-state index contributed by atoms with van der Waals surface area (Å²) in [6, 6.07) is 24.4. The van der Waals surface area contributed by atoms with Crippen molar-refractivity contribution in [3.05, 3.63) is 84.4 Å². The summed E-state index contributed by atoms with van der Waals surface area (Å²) in [5.41, 5.74) is 2.39. The summed E-state index contributed by atoms with van der Waals surface area (Å²) in [4.78, 5) is 12.5.